The van der Waals surface area contributed by atoms with Crippen molar-refractivity contribution in [2.45, 2.75) is 199 Å². The van der Waals surface area contributed by atoms with Crippen LogP contribution < -0.4 is 0 Å². The van der Waals surface area contributed by atoms with Crippen molar-refractivity contribution in [3.63, 3.8) is 0 Å². The van der Waals surface area contributed by atoms with E-state index in [2.05, 4.69) is 54.8 Å². The minimum absolute atomic E-state index is 0.187. The van der Waals surface area contributed by atoms with Crippen LogP contribution in [-0.2, 0) is 32.9 Å². The molecule has 2 unspecified atom stereocenters. The second-order valence-electron chi connectivity index (χ2n) is 14.0. The Bertz CT molecular complexity index is 990. The fourth-order valence-electron chi connectivity index (χ4n) is 5.88. The Balaban J connectivity index is 2.08. The highest BCUT2D eigenvalue weighted by atomic mass is 31.2. The molecule has 296 valence electrons. The fraction of sp³-hybridized carbons (Fsp3) is 0.805. The number of carbonyl (C=O) groups is 2. The minimum Gasteiger partial charge on any atom is -0.462 e. The van der Waals surface area contributed by atoms with Gasteiger partial charge in [-0.1, -0.05) is 134 Å². The summed E-state index contributed by atoms with van der Waals surface area (Å²) < 4.78 is 32.2. The van der Waals surface area contributed by atoms with Crippen LogP contribution in [0, 0.1) is 0 Å². The molecular formula is C41H73O9P. The monoisotopic (exact) mass is 740 g/mol. The van der Waals surface area contributed by atoms with Gasteiger partial charge >= 0.3 is 19.8 Å². The maximum atomic E-state index is 12.4. The SMILES string of the molecule is CCCCC/C=C\C/C=C\CCCCCCCCCC(=O)OC[C@H](COP(=O)(O)O)OC(=O)CCCCCCCC1OC1C/C=C\CCCCC. The van der Waals surface area contributed by atoms with E-state index in [-0.39, 0.29) is 19.4 Å². The van der Waals surface area contributed by atoms with Crippen LogP contribution in [0.5, 0.6) is 0 Å². The summed E-state index contributed by atoms with van der Waals surface area (Å²) in [6.45, 7) is 3.60. The van der Waals surface area contributed by atoms with Crippen molar-refractivity contribution in [1.82, 2.24) is 0 Å². The summed E-state index contributed by atoms with van der Waals surface area (Å²) >= 11 is 0. The van der Waals surface area contributed by atoms with Crippen molar-refractivity contribution < 1.29 is 42.7 Å². The Morgan fingerprint density at radius 3 is 1.73 bits per heavy atom. The molecule has 0 radical (unpaired) electrons. The van der Waals surface area contributed by atoms with E-state index >= 15 is 0 Å². The second kappa shape index (κ2) is 32.8. The van der Waals surface area contributed by atoms with E-state index in [9.17, 15) is 14.2 Å². The summed E-state index contributed by atoms with van der Waals surface area (Å²) in [6.07, 6.45) is 40.2. The van der Waals surface area contributed by atoms with Gasteiger partial charge in [-0.3, -0.25) is 14.1 Å². The molecule has 1 heterocycles. The van der Waals surface area contributed by atoms with Gasteiger partial charge in [0.1, 0.15) is 6.61 Å². The Morgan fingerprint density at radius 2 is 1.14 bits per heavy atom. The molecule has 0 aromatic rings. The Labute approximate surface area is 310 Å². The van der Waals surface area contributed by atoms with Gasteiger partial charge in [0.25, 0.3) is 0 Å². The predicted molar refractivity (Wildman–Crippen MR) is 206 cm³/mol. The van der Waals surface area contributed by atoms with E-state index in [1.54, 1.807) is 0 Å². The van der Waals surface area contributed by atoms with Gasteiger partial charge in [0.15, 0.2) is 6.10 Å². The van der Waals surface area contributed by atoms with Gasteiger partial charge in [-0.2, -0.15) is 0 Å². The number of ether oxygens (including phenoxy) is 3. The van der Waals surface area contributed by atoms with Crippen molar-refractivity contribution in [2.75, 3.05) is 13.2 Å². The molecule has 1 saturated heterocycles. The van der Waals surface area contributed by atoms with Gasteiger partial charge in [0.2, 0.25) is 0 Å². The van der Waals surface area contributed by atoms with E-state index < -0.39 is 32.5 Å². The van der Waals surface area contributed by atoms with Crippen LogP contribution in [0.15, 0.2) is 36.5 Å². The van der Waals surface area contributed by atoms with Crippen LogP contribution in [0.25, 0.3) is 0 Å². The summed E-state index contributed by atoms with van der Waals surface area (Å²) in [5.41, 5.74) is 0. The lowest BCUT2D eigenvalue weighted by Gasteiger charge is -2.18. The Kier molecular flexibility index (Phi) is 30.4. The topological polar surface area (TPSA) is 132 Å². The predicted octanol–water partition coefficient (Wildman–Crippen LogP) is 11.2. The van der Waals surface area contributed by atoms with Crippen molar-refractivity contribution in [1.29, 1.82) is 0 Å². The number of phosphoric acid groups is 1. The van der Waals surface area contributed by atoms with Gasteiger partial charge in [-0.25, -0.2) is 4.57 Å². The molecule has 0 saturated carbocycles. The van der Waals surface area contributed by atoms with Crippen LogP contribution >= 0.6 is 7.82 Å². The first kappa shape index (κ1) is 47.3. The molecule has 1 fully saturated rings. The fourth-order valence-corrected chi connectivity index (χ4v) is 6.24. The largest absolute Gasteiger partial charge is 0.469 e. The maximum Gasteiger partial charge on any atom is 0.469 e. The highest BCUT2D eigenvalue weighted by molar-refractivity contribution is 7.46. The molecule has 0 spiro atoms. The van der Waals surface area contributed by atoms with E-state index in [1.165, 1.54) is 64.2 Å². The van der Waals surface area contributed by atoms with E-state index in [4.69, 9.17) is 24.0 Å². The maximum absolute atomic E-state index is 12.4. The molecule has 9 nitrogen and oxygen atoms in total. The van der Waals surface area contributed by atoms with Crippen LogP contribution in [0.4, 0.5) is 0 Å². The smallest absolute Gasteiger partial charge is 0.462 e. The zero-order valence-electron chi connectivity index (χ0n) is 32.2. The Hall–Kier alpha value is -1.77. The molecule has 0 aliphatic carbocycles. The van der Waals surface area contributed by atoms with Crippen molar-refractivity contribution >= 4 is 19.8 Å². The molecule has 10 heteroatoms. The molecule has 3 atom stereocenters. The lowest BCUT2D eigenvalue weighted by atomic mass is 10.1. The number of epoxide rings is 1. The number of carbonyl (C=O) groups excluding carboxylic acids is 2. The van der Waals surface area contributed by atoms with Crippen molar-refractivity contribution in [2.24, 2.45) is 0 Å². The number of unbranched alkanes of at least 4 members (excludes halogenated alkanes) is 17. The number of allylic oxidation sites excluding steroid dienone is 5. The molecule has 51 heavy (non-hydrogen) atoms. The lowest BCUT2D eigenvalue weighted by molar-refractivity contribution is -0.161. The summed E-state index contributed by atoms with van der Waals surface area (Å²) in [4.78, 5) is 42.9. The highest BCUT2D eigenvalue weighted by Gasteiger charge is 2.36. The average molecular weight is 741 g/mol. The normalized spacial score (nSPS) is 16.8. The summed E-state index contributed by atoms with van der Waals surface area (Å²) in [5, 5.41) is 0. The summed E-state index contributed by atoms with van der Waals surface area (Å²) in [6, 6.07) is 0. The molecule has 0 amide bonds. The Morgan fingerprint density at radius 1 is 0.627 bits per heavy atom. The number of phosphoric ester groups is 1. The highest BCUT2D eigenvalue weighted by Crippen LogP contribution is 2.36. The lowest BCUT2D eigenvalue weighted by Crippen LogP contribution is -2.29. The summed E-state index contributed by atoms with van der Waals surface area (Å²) in [7, 11) is -4.76. The van der Waals surface area contributed by atoms with Gasteiger partial charge < -0.3 is 24.0 Å². The average Bonchev–Trinajstić information content (AvgIpc) is 3.85. The van der Waals surface area contributed by atoms with Gasteiger partial charge in [0, 0.05) is 12.8 Å². The van der Waals surface area contributed by atoms with Crippen LogP contribution in [0.1, 0.15) is 181 Å². The molecule has 1 aliphatic rings. The molecule has 2 N–H and O–H groups in total. The zero-order chi connectivity index (χ0) is 37.3. The standard InChI is InChI=1S/C41H73O9P/c1-3-5-7-9-11-12-13-14-15-16-17-18-19-20-21-25-29-33-40(42)47-35-37(36-48-51(44,45)46)49-41(43)34-30-26-22-24-28-32-39-38(50-39)31-27-23-10-8-6-4-2/h11-12,14-15,23,27,37-39H,3-10,13,16-22,24-26,28-36H2,1-2H3,(H2,44,45,46)/b12-11-,15-14-,27-23-/t37-,38?,39?/m1/s1. The van der Waals surface area contributed by atoms with Crippen LogP contribution in [-0.4, -0.2) is 53.3 Å². The molecule has 1 aliphatic heterocycles. The van der Waals surface area contributed by atoms with Crippen LogP contribution in [0.2, 0.25) is 0 Å². The first-order valence-corrected chi connectivity index (χ1v) is 21.9. The first-order valence-electron chi connectivity index (χ1n) is 20.4. The first-order chi connectivity index (χ1) is 24.7. The third kappa shape index (κ3) is 32.6. The van der Waals surface area contributed by atoms with Crippen molar-refractivity contribution in [3.8, 4) is 0 Å². The molecule has 1 rings (SSSR count). The molecule has 0 aromatic carbocycles. The quantitative estimate of drug-likeness (QED) is 0.0212. The number of hydrogen-bond donors (Lipinski definition) is 2. The van der Waals surface area contributed by atoms with Crippen LogP contribution in [0.3, 0.4) is 0 Å². The minimum atomic E-state index is -4.76. The zero-order valence-corrected chi connectivity index (χ0v) is 33.1. The van der Waals surface area contributed by atoms with Crippen molar-refractivity contribution in [3.05, 3.63) is 36.5 Å². The van der Waals surface area contributed by atoms with Gasteiger partial charge in [-0.05, 0) is 70.6 Å². The molecule has 0 aromatic heterocycles. The van der Waals surface area contributed by atoms with E-state index in [0.29, 0.717) is 25.0 Å². The third-order valence-electron chi connectivity index (χ3n) is 9.06. The number of hydrogen-bond acceptors (Lipinski definition) is 7. The summed E-state index contributed by atoms with van der Waals surface area (Å²) in [5.74, 6) is -0.916. The van der Waals surface area contributed by atoms with Gasteiger partial charge in [-0.15, -0.1) is 0 Å². The number of esters is 2. The molecule has 0 bridgehead atoms. The third-order valence-corrected chi connectivity index (χ3v) is 9.54. The van der Waals surface area contributed by atoms with Gasteiger partial charge in [0.05, 0.1) is 18.8 Å². The van der Waals surface area contributed by atoms with E-state index in [1.807, 2.05) is 0 Å². The van der Waals surface area contributed by atoms with E-state index in [0.717, 1.165) is 77.0 Å². The number of rotatable bonds is 36. The molecular weight excluding hydrogens is 667 g/mol. The second-order valence-corrected chi connectivity index (χ2v) is 15.2.